The van der Waals surface area contributed by atoms with Crippen LogP contribution >= 0.6 is 0 Å². The predicted molar refractivity (Wildman–Crippen MR) is 115 cm³/mol. The molecule has 2 aliphatic carbocycles. The Morgan fingerprint density at radius 2 is 1.88 bits per heavy atom. The van der Waals surface area contributed by atoms with Crippen LogP contribution in [0.1, 0.15) is 48.0 Å². The fourth-order valence-electron chi connectivity index (χ4n) is 5.75. The van der Waals surface area contributed by atoms with Gasteiger partial charge in [-0.15, -0.1) is 0 Å². The quantitative estimate of drug-likeness (QED) is 0.208. The van der Waals surface area contributed by atoms with Crippen molar-refractivity contribution in [2.24, 2.45) is 11.8 Å². The minimum absolute atomic E-state index is 0.228. The second-order valence-electron chi connectivity index (χ2n) is 10.2. The topological polar surface area (TPSA) is 104 Å². The molecular formula is C25H30O8. The van der Waals surface area contributed by atoms with E-state index in [-0.39, 0.29) is 23.7 Å². The number of ether oxygens (including phenoxy) is 5. The lowest BCUT2D eigenvalue weighted by molar-refractivity contribution is -0.159. The fourth-order valence-corrected chi connectivity index (χ4v) is 5.75. The Hall–Kier alpha value is -2.45. The van der Waals surface area contributed by atoms with E-state index in [9.17, 15) is 14.4 Å². The molecule has 0 radical (unpaired) electrons. The van der Waals surface area contributed by atoms with E-state index in [1.807, 2.05) is 20.8 Å². The lowest BCUT2D eigenvalue weighted by Gasteiger charge is -2.30. The molecule has 3 aliphatic heterocycles. The third kappa shape index (κ3) is 3.06. The summed E-state index contributed by atoms with van der Waals surface area (Å²) in [4.78, 5) is 38.1. The average Bonchev–Trinajstić information content (AvgIpc) is 3.56. The summed E-state index contributed by atoms with van der Waals surface area (Å²) in [6, 6.07) is 0. The van der Waals surface area contributed by atoms with Crippen LogP contribution in [0.25, 0.3) is 0 Å². The van der Waals surface area contributed by atoms with Crippen LogP contribution in [0.4, 0.5) is 0 Å². The van der Waals surface area contributed by atoms with Gasteiger partial charge in [0.05, 0.1) is 17.9 Å². The van der Waals surface area contributed by atoms with E-state index in [2.05, 4.69) is 6.58 Å². The van der Waals surface area contributed by atoms with Crippen LogP contribution in [0, 0.1) is 11.8 Å². The Kier molecular flexibility index (Phi) is 4.76. The highest BCUT2D eigenvalue weighted by molar-refractivity contribution is 5.92. The largest absolute Gasteiger partial charge is 0.459 e. The minimum Gasteiger partial charge on any atom is -0.459 e. The van der Waals surface area contributed by atoms with E-state index in [0.29, 0.717) is 12.0 Å². The van der Waals surface area contributed by atoms with E-state index in [1.54, 1.807) is 26.8 Å². The molecule has 3 saturated heterocycles. The number of rotatable bonds is 4. The number of hydrogen-bond acceptors (Lipinski definition) is 8. The normalized spacial score (nSPS) is 45.5. The number of hydrogen-bond donors (Lipinski definition) is 0. The average molecular weight is 459 g/mol. The van der Waals surface area contributed by atoms with Gasteiger partial charge in [-0.05, 0) is 47.1 Å². The van der Waals surface area contributed by atoms with Gasteiger partial charge in [-0.2, -0.15) is 0 Å². The molecule has 0 bridgehead atoms. The van der Waals surface area contributed by atoms with Gasteiger partial charge in [0.15, 0.2) is 11.7 Å². The Bertz CT molecular complexity index is 1040. The molecule has 4 fully saturated rings. The summed E-state index contributed by atoms with van der Waals surface area (Å²) in [6.07, 6.45) is -0.329. The maximum atomic E-state index is 12.9. The first-order valence-corrected chi connectivity index (χ1v) is 11.4. The second-order valence-corrected chi connectivity index (χ2v) is 10.2. The van der Waals surface area contributed by atoms with Crippen molar-refractivity contribution in [3.63, 3.8) is 0 Å². The molecule has 1 saturated carbocycles. The van der Waals surface area contributed by atoms with Gasteiger partial charge < -0.3 is 23.7 Å². The van der Waals surface area contributed by atoms with E-state index >= 15 is 0 Å². The Balaban J connectivity index is 1.52. The molecule has 8 nitrogen and oxygen atoms in total. The van der Waals surface area contributed by atoms with Crippen LogP contribution in [0.3, 0.4) is 0 Å². The molecule has 178 valence electrons. The Labute approximate surface area is 192 Å². The Morgan fingerprint density at radius 3 is 2.48 bits per heavy atom. The third-order valence-electron chi connectivity index (χ3n) is 8.21. The maximum absolute atomic E-state index is 12.9. The predicted octanol–water partition coefficient (Wildman–Crippen LogP) is 2.56. The number of esters is 3. The zero-order valence-electron chi connectivity index (χ0n) is 19.8. The monoisotopic (exact) mass is 458 g/mol. The van der Waals surface area contributed by atoms with Gasteiger partial charge in [-0.1, -0.05) is 18.2 Å². The summed E-state index contributed by atoms with van der Waals surface area (Å²) in [6.45, 7) is 14.8. The van der Waals surface area contributed by atoms with Crippen LogP contribution in [0.5, 0.6) is 0 Å². The first kappa shape index (κ1) is 22.3. The fraction of sp³-hybridized carbons (Fsp3) is 0.640. The standard InChI is InChI=1S/C25H30O8/c1-8-10(2)21(26)31-19-15-11(3)9-14(29-23(28)24(6)13(5)32-24)16-12(4)22(27)30-18(16)17(15)25(7)20(19)33-25/h8,13-14,16-20H,4,9H2,1-3,5-7H3/b10-8-/t13-,14-,16-,17+,18+,19-,20-,24+,25+/m1/s1. The molecule has 0 amide bonds. The van der Waals surface area contributed by atoms with E-state index < -0.39 is 53.3 Å². The minimum atomic E-state index is -0.984. The van der Waals surface area contributed by atoms with Crippen LogP contribution in [-0.4, -0.2) is 59.6 Å². The number of carbonyl (C=O) groups is 3. The molecule has 3 heterocycles. The molecule has 0 aromatic heterocycles. The van der Waals surface area contributed by atoms with Gasteiger partial charge in [0.1, 0.15) is 23.9 Å². The molecule has 33 heavy (non-hydrogen) atoms. The van der Waals surface area contributed by atoms with Crippen molar-refractivity contribution < 1.29 is 38.1 Å². The van der Waals surface area contributed by atoms with Crippen LogP contribution in [0.15, 0.2) is 34.9 Å². The molecule has 0 aromatic rings. The van der Waals surface area contributed by atoms with Crippen molar-refractivity contribution in [2.75, 3.05) is 0 Å². The van der Waals surface area contributed by atoms with Crippen LogP contribution < -0.4 is 0 Å². The molecule has 0 aromatic carbocycles. The van der Waals surface area contributed by atoms with Crippen molar-refractivity contribution in [3.8, 4) is 0 Å². The summed E-state index contributed by atoms with van der Waals surface area (Å²) in [5, 5.41) is 0. The van der Waals surface area contributed by atoms with Crippen molar-refractivity contribution in [1.82, 2.24) is 0 Å². The maximum Gasteiger partial charge on any atom is 0.341 e. The van der Waals surface area contributed by atoms with Crippen molar-refractivity contribution in [2.45, 2.75) is 89.7 Å². The number of epoxide rings is 2. The molecule has 0 N–H and O–H groups in total. The van der Waals surface area contributed by atoms with Crippen molar-refractivity contribution >= 4 is 17.9 Å². The number of fused-ring (bicyclic) bond motifs is 5. The van der Waals surface area contributed by atoms with Gasteiger partial charge in [-0.3, -0.25) is 0 Å². The van der Waals surface area contributed by atoms with Gasteiger partial charge in [0.2, 0.25) is 0 Å². The zero-order valence-corrected chi connectivity index (χ0v) is 19.8. The molecule has 5 rings (SSSR count). The summed E-state index contributed by atoms with van der Waals surface area (Å²) < 4.78 is 29.1. The highest BCUT2D eigenvalue weighted by Crippen LogP contribution is 2.63. The molecule has 0 unspecified atom stereocenters. The van der Waals surface area contributed by atoms with Crippen molar-refractivity contribution in [3.05, 3.63) is 34.9 Å². The zero-order chi connectivity index (χ0) is 24.0. The van der Waals surface area contributed by atoms with Crippen molar-refractivity contribution in [1.29, 1.82) is 0 Å². The molecule has 8 heteroatoms. The molecule has 5 aliphatic rings. The van der Waals surface area contributed by atoms with Gasteiger partial charge in [0, 0.05) is 17.6 Å². The highest BCUT2D eigenvalue weighted by atomic mass is 16.7. The lowest BCUT2D eigenvalue weighted by atomic mass is 9.80. The summed E-state index contributed by atoms with van der Waals surface area (Å²) >= 11 is 0. The lowest BCUT2D eigenvalue weighted by Crippen LogP contribution is -2.41. The molecular weight excluding hydrogens is 428 g/mol. The van der Waals surface area contributed by atoms with Gasteiger partial charge >= 0.3 is 17.9 Å². The Morgan fingerprint density at radius 1 is 1.21 bits per heavy atom. The van der Waals surface area contributed by atoms with Crippen LogP contribution in [-0.2, 0) is 38.1 Å². The summed E-state index contributed by atoms with van der Waals surface area (Å²) in [5.74, 6) is -2.22. The number of allylic oxidation sites excluding steroid dienone is 1. The molecule has 0 spiro atoms. The van der Waals surface area contributed by atoms with E-state index in [0.717, 1.165) is 11.1 Å². The highest BCUT2D eigenvalue weighted by Gasteiger charge is 2.75. The molecule has 9 atom stereocenters. The second kappa shape index (κ2) is 7.03. The smallest absolute Gasteiger partial charge is 0.341 e. The SMILES string of the molecule is C=C1C(=O)O[C@H]2[C@H]1[C@H](OC(=O)[C@@]1(C)O[C@@H]1C)CC(C)=C1[C@@H](OC(=O)/C(C)=C\C)[C@H]3O[C@@]3(C)[C@@H]12. The summed E-state index contributed by atoms with van der Waals surface area (Å²) in [7, 11) is 0. The first-order valence-electron chi connectivity index (χ1n) is 11.4. The summed E-state index contributed by atoms with van der Waals surface area (Å²) in [5.41, 5.74) is 1.00. The van der Waals surface area contributed by atoms with Crippen LogP contribution in [0.2, 0.25) is 0 Å². The van der Waals surface area contributed by atoms with E-state index in [1.165, 1.54) is 0 Å². The first-order chi connectivity index (χ1) is 15.4. The third-order valence-corrected chi connectivity index (χ3v) is 8.21. The van der Waals surface area contributed by atoms with Gasteiger partial charge in [-0.25, -0.2) is 14.4 Å². The van der Waals surface area contributed by atoms with Gasteiger partial charge in [0.25, 0.3) is 0 Å². The number of carbonyl (C=O) groups excluding carboxylic acids is 3. The van der Waals surface area contributed by atoms with E-state index in [4.69, 9.17) is 23.7 Å².